The monoisotopic (exact) mass is 1050 g/mol. The zero-order chi connectivity index (χ0) is 54.9. The van der Waals surface area contributed by atoms with Gasteiger partial charge in [0.15, 0.2) is 23.0 Å². The summed E-state index contributed by atoms with van der Waals surface area (Å²) in [7, 11) is 0. The number of likely N-dealkylation sites (tertiary alicyclic amines) is 2. The molecule has 1 N–H and O–H groups in total. The van der Waals surface area contributed by atoms with E-state index >= 15 is 0 Å². The van der Waals surface area contributed by atoms with Gasteiger partial charge in [0.1, 0.15) is 32.0 Å². The fourth-order valence-corrected chi connectivity index (χ4v) is 10.3. The molecule has 4 aromatic carbocycles. The molecule has 0 spiro atoms. The van der Waals surface area contributed by atoms with Crippen molar-refractivity contribution >= 4 is 40.2 Å². The fourth-order valence-electron chi connectivity index (χ4n) is 10.3. The molecule has 4 aliphatic rings. The predicted molar refractivity (Wildman–Crippen MR) is 288 cm³/mol. The first-order chi connectivity index (χ1) is 37.2. The van der Waals surface area contributed by atoms with Crippen molar-refractivity contribution in [2.45, 2.75) is 104 Å². The van der Waals surface area contributed by atoms with Crippen molar-refractivity contribution in [3.05, 3.63) is 140 Å². The summed E-state index contributed by atoms with van der Waals surface area (Å²) in [5.74, 6) is 3.15. The molecule has 0 atom stereocenters. The van der Waals surface area contributed by atoms with Crippen LogP contribution >= 0.6 is 0 Å². The molecule has 18 nitrogen and oxygen atoms in total. The van der Waals surface area contributed by atoms with Crippen LogP contribution in [0.5, 0.6) is 23.0 Å². The lowest BCUT2D eigenvalue weighted by Crippen LogP contribution is -2.49. The summed E-state index contributed by atoms with van der Waals surface area (Å²) in [6.07, 6.45) is 4.12. The average molecular weight is 1060 g/mol. The van der Waals surface area contributed by atoms with Crippen LogP contribution in [0.3, 0.4) is 0 Å². The Labute approximate surface area is 448 Å². The van der Waals surface area contributed by atoms with Gasteiger partial charge >= 0.3 is 18.4 Å². The number of nitrogens with zero attached hydrogens (tertiary/aromatic N) is 5. The molecule has 18 heteroatoms. The minimum Gasteiger partial charge on any atom is -0.486 e. The number of amides is 1. The van der Waals surface area contributed by atoms with Gasteiger partial charge in [-0.05, 0) is 132 Å². The smallest absolute Gasteiger partial charge is 0.410 e. The Kier molecular flexibility index (Phi) is 20.4. The summed E-state index contributed by atoms with van der Waals surface area (Å²) in [4.78, 5) is 78.0. The number of para-hydroxylation sites is 2. The minimum absolute atomic E-state index is 0.0385. The predicted octanol–water partition coefficient (Wildman–Crippen LogP) is 7.15. The molecule has 4 aliphatic heterocycles. The summed E-state index contributed by atoms with van der Waals surface area (Å²) >= 11 is 0. The van der Waals surface area contributed by atoms with Gasteiger partial charge in [-0.25, -0.2) is 4.79 Å². The van der Waals surface area contributed by atoms with E-state index in [4.69, 9.17) is 42.9 Å². The highest BCUT2D eigenvalue weighted by Gasteiger charge is 2.32. The quantitative estimate of drug-likeness (QED) is 0.130. The molecule has 0 unspecified atom stereocenters. The standard InChI is InChI=1S/C31H39N3O5.C26H31N3O3.2CO2/c1-22-19-29(35)33(26-8-6-5-7-25(22)26)16-15-32-13-11-24(12-14-32)34(30(36)39-31(2,3)4)21-23-9-10-27-28(20-23)38-18-17-37-27;1-19-16-26(30)29(23-5-3-2-4-22(19)23)13-12-28-10-8-21(9-11-28)27-18-20-6-7-24-25(17-20)32-15-14-31-24;2*2-1-3/h5-10,19-20,24H,11-18,21H2,1-4H3;2-7,16-17,21,27H,8-15,18H2,1H3;;. The SMILES string of the molecule is Cc1cc(=O)n(CCN2CCC(N(Cc3ccc4c(c3)OCCO4)C(=O)OC(C)(C)C)CC2)c2ccccc12.Cc1cc(=O)n(CCN2CCC(NCc3ccc4c(c3)OCCO4)CC2)c2ccccc12.O=C=O.O=C=O. The Morgan fingerprint density at radius 1 is 0.597 bits per heavy atom. The van der Waals surface area contributed by atoms with E-state index in [0.717, 1.165) is 140 Å². The van der Waals surface area contributed by atoms with Crippen molar-refractivity contribution in [2.24, 2.45) is 0 Å². The normalized spacial score (nSPS) is 15.5. The molecule has 2 saturated heterocycles. The zero-order valence-electron chi connectivity index (χ0n) is 44.8. The van der Waals surface area contributed by atoms with Crippen LogP contribution < -0.4 is 35.4 Å². The molecule has 6 heterocycles. The number of benzene rings is 4. The number of piperidine rings is 2. The molecule has 77 heavy (non-hydrogen) atoms. The summed E-state index contributed by atoms with van der Waals surface area (Å²) < 4.78 is 32.3. The van der Waals surface area contributed by atoms with Gasteiger partial charge < -0.3 is 52.8 Å². The van der Waals surface area contributed by atoms with E-state index < -0.39 is 5.60 Å². The summed E-state index contributed by atoms with van der Waals surface area (Å²) in [6.45, 7) is 20.1. The first-order valence-electron chi connectivity index (χ1n) is 26.3. The third-order valence-corrected chi connectivity index (χ3v) is 14.1. The number of hydrogen-bond acceptors (Lipinski definition) is 15. The third-order valence-electron chi connectivity index (χ3n) is 14.1. The van der Waals surface area contributed by atoms with Crippen molar-refractivity contribution in [2.75, 3.05) is 65.7 Å². The second kappa shape index (κ2) is 27.5. The summed E-state index contributed by atoms with van der Waals surface area (Å²) in [5.41, 5.74) is 5.84. The van der Waals surface area contributed by atoms with E-state index in [2.05, 4.69) is 45.4 Å². The van der Waals surface area contributed by atoms with E-state index in [1.54, 1.807) is 12.1 Å². The molecule has 0 bridgehead atoms. The van der Waals surface area contributed by atoms with Gasteiger partial charge in [-0.3, -0.25) is 9.59 Å². The number of pyridine rings is 2. The van der Waals surface area contributed by atoms with Gasteiger partial charge in [0.25, 0.3) is 11.1 Å². The molecule has 0 radical (unpaired) electrons. The van der Waals surface area contributed by atoms with Crippen LogP contribution in [-0.4, -0.2) is 126 Å². The number of aryl methyl sites for hydroxylation is 2. The second-order valence-electron chi connectivity index (χ2n) is 20.5. The summed E-state index contributed by atoms with van der Waals surface area (Å²) in [5, 5.41) is 5.98. The van der Waals surface area contributed by atoms with Gasteiger partial charge in [0, 0.05) is 87.3 Å². The Balaban J connectivity index is 0.000000206. The van der Waals surface area contributed by atoms with Gasteiger partial charge in [0.05, 0.1) is 11.0 Å². The van der Waals surface area contributed by atoms with Gasteiger partial charge in [-0.1, -0.05) is 48.5 Å². The zero-order valence-corrected chi connectivity index (χ0v) is 44.8. The number of ether oxygens (including phenoxy) is 5. The molecule has 2 fully saturated rings. The maximum Gasteiger partial charge on any atom is 0.410 e. The minimum atomic E-state index is -0.576. The molecule has 0 saturated carbocycles. The van der Waals surface area contributed by atoms with Crippen LogP contribution in [-0.2, 0) is 50.1 Å². The van der Waals surface area contributed by atoms with E-state index in [1.807, 2.05) is 103 Å². The van der Waals surface area contributed by atoms with Crippen molar-refractivity contribution in [3.63, 3.8) is 0 Å². The Morgan fingerprint density at radius 3 is 1.51 bits per heavy atom. The van der Waals surface area contributed by atoms with Crippen LogP contribution in [0, 0.1) is 13.8 Å². The lowest BCUT2D eigenvalue weighted by Gasteiger charge is -2.39. The lowest BCUT2D eigenvalue weighted by molar-refractivity contribution is -0.193. The topological polar surface area (TPSA) is 197 Å². The second-order valence-corrected chi connectivity index (χ2v) is 20.5. The maximum atomic E-state index is 13.3. The molecule has 6 aromatic rings. The maximum absolute atomic E-state index is 13.3. The number of rotatable bonds is 12. The highest BCUT2D eigenvalue weighted by molar-refractivity contribution is 5.83. The van der Waals surface area contributed by atoms with Crippen LogP contribution in [0.15, 0.2) is 107 Å². The van der Waals surface area contributed by atoms with Crippen molar-refractivity contribution in [3.8, 4) is 23.0 Å². The molecule has 1 amide bonds. The number of carbonyl (C=O) groups is 1. The van der Waals surface area contributed by atoms with E-state index in [1.165, 1.54) is 5.56 Å². The molecular weight excluding hydrogens is 985 g/mol. The third kappa shape index (κ3) is 15.7. The first-order valence-corrected chi connectivity index (χ1v) is 26.3. The lowest BCUT2D eigenvalue weighted by atomic mass is 10.0. The average Bonchev–Trinajstić information content (AvgIpc) is 3.43. The number of fused-ring (bicyclic) bond motifs is 4. The Hall–Kier alpha value is -7.59. The van der Waals surface area contributed by atoms with Crippen molar-refractivity contribution in [1.29, 1.82) is 0 Å². The van der Waals surface area contributed by atoms with Crippen LogP contribution in [0.25, 0.3) is 21.8 Å². The van der Waals surface area contributed by atoms with Crippen LogP contribution in [0.4, 0.5) is 4.79 Å². The summed E-state index contributed by atoms with van der Waals surface area (Å²) in [6, 6.07) is 32.4. The first kappa shape index (κ1) is 57.1. The number of nitrogens with one attached hydrogen (secondary N) is 1. The van der Waals surface area contributed by atoms with Crippen LogP contribution in [0.2, 0.25) is 0 Å². The highest BCUT2D eigenvalue weighted by Crippen LogP contribution is 2.33. The van der Waals surface area contributed by atoms with Gasteiger partial charge in [-0.15, -0.1) is 0 Å². The molecule has 2 aromatic heterocycles. The number of hydrogen-bond donors (Lipinski definition) is 1. The number of carbonyl (C=O) groups excluding carboxylic acids is 5. The molecule has 408 valence electrons. The van der Waals surface area contributed by atoms with E-state index in [0.29, 0.717) is 45.6 Å². The fraction of sp³-hybridized carbons (Fsp3) is 0.441. The molecule has 10 rings (SSSR count). The van der Waals surface area contributed by atoms with Crippen molar-refractivity contribution in [1.82, 2.24) is 29.2 Å². The highest BCUT2D eigenvalue weighted by atomic mass is 16.6. The largest absolute Gasteiger partial charge is 0.486 e. The number of aromatic nitrogens is 2. The molecular formula is C59H70N6O12. The van der Waals surface area contributed by atoms with E-state index in [9.17, 15) is 14.4 Å². The van der Waals surface area contributed by atoms with E-state index in [-0.39, 0.29) is 35.6 Å². The Morgan fingerprint density at radius 2 is 1.03 bits per heavy atom. The van der Waals surface area contributed by atoms with Crippen LogP contribution in [0.1, 0.15) is 68.7 Å². The molecule has 0 aliphatic carbocycles. The van der Waals surface area contributed by atoms with Gasteiger partial charge in [0.2, 0.25) is 0 Å². The van der Waals surface area contributed by atoms with Crippen molar-refractivity contribution < 1.29 is 47.7 Å². The van der Waals surface area contributed by atoms with Gasteiger partial charge in [-0.2, -0.15) is 19.2 Å². The Bertz CT molecular complexity index is 3130.